The fourth-order valence-corrected chi connectivity index (χ4v) is 3.39. The van der Waals surface area contributed by atoms with Crippen molar-refractivity contribution < 1.29 is 9.59 Å². The maximum absolute atomic E-state index is 12.5. The van der Waals surface area contributed by atoms with Gasteiger partial charge in [-0.05, 0) is 29.5 Å². The molecule has 2 aromatic rings. The highest BCUT2D eigenvalue weighted by Gasteiger charge is 2.29. The molecule has 0 atom stereocenters. The second-order valence-corrected chi connectivity index (χ2v) is 6.94. The van der Waals surface area contributed by atoms with Crippen molar-refractivity contribution in [3.63, 3.8) is 0 Å². The van der Waals surface area contributed by atoms with E-state index in [1.165, 1.54) is 5.56 Å². The lowest BCUT2D eigenvalue weighted by atomic mass is 10.1. The predicted octanol–water partition coefficient (Wildman–Crippen LogP) is 2.61. The van der Waals surface area contributed by atoms with Gasteiger partial charge in [0.05, 0.1) is 6.54 Å². The van der Waals surface area contributed by atoms with Crippen LogP contribution in [-0.4, -0.2) is 41.4 Å². The average molecular weight is 343 g/mol. The van der Waals surface area contributed by atoms with Crippen LogP contribution in [0.5, 0.6) is 0 Å². The van der Waals surface area contributed by atoms with Gasteiger partial charge in [0.1, 0.15) is 6.54 Å². The SMILES string of the molecule is Cc1ccccc1CN1CCN(CC(=O)NCc2cccs2)C1=O. The van der Waals surface area contributed by atoms with E-state index in [0.29, 0.717) is 26.2 Å². The van der Waals surface area contributed by atoms with Crippen LogP contribution in [0.4, 0.5) is 4.79 Å². The number of benzene rings is 1. The fraction of sp³-hybridized carbons (Fsp3) is 0.333. The second-order valence-electron chi connectivity index (χ2n) is 5.91. The summed E-state index contributed by atoms with van der Waals surface area (Å²) in [5.41, 5.74) is 2.33. The van der Waals surface area contributed by atoms with Gasteiger partial charge in [0.25, 0.3) is 0 Å². The molecule has 0 saturated carbocycles. The van der Waals surface area contributed by atoms with Crippen molar-refractivity contribution in [1.29, 1.82) is 0 Å². The molecule has 6 heteroatoms. The summed E-state index contributed by atoms with van der Waals surface area (Å²) in [6, 6.07) is 11.9. The van der Waals surface area contributed by atoms with Gasteiger partial charge in [-0.25, -0.2) is 4.79 Å². The van der Waals surface area contributed by atoms with Crippen LogP contribution in [0, 0.1) is 6.92 Å². The van der Waals surface area contributed by atoms with Gasteiger partial charge in [-0.2, -0.15) is 0 Å². The summed E-state index contributed by atoms with van der Waals surface area (Å²) in [6.07, 6.45) is 0. The van der Waals surface area contributed by atoms with Gasteiger partial charge in [-0.3, -0.25) is 4.79 Å². The average Bonchev–Trinajstić information content (AvgIpc) is 3.20. The van der Waals surface area contributed by atoms with Crippen molar-refractivity contribution in [3.8, 4) is 0 Å². The van der Waals surface area contributed by atoms with E-state index in [-0.39, 0.29) is 18.5 Å². The van der Waals surface area contributed by atoms with Crippen LogP contribution in [0.25, 0.3) is 0 Å². The predicted molar refractivity (Wildman–Crippen MR) is 94.7 cm³/mol. The van der Waals surface area contributed by atoms with E-state index in [4.69, 9.17) is 0 Å². The molecule has 1 aliphatic heterocycles. The summed E-state index contributed by atoms with van der Waals surface area (Å²) in [5.74, 6) is -0.116. The minimum atomic E-state index is -0.116. The smallest absolute Gasteiger partial charge is 0.320 e. The summed E-state index contributed by atoms with van der Waals surface area (Å²) >= 11 is 1.61. The van der Waals surface area contributed by atoms with E-state index < -0.39 is 0 Å². The largest absolute Gasteiger partial charge is 0.350 e. The van der Waals surface area contributed by atoms with Crippen LogP contribution in [-0.2, 0) is 17.9 Å². The van der Waals surface area contributed by atoms with Crippen LogP contribution in [0.1, 0.15) is 16.0 Å². The van der Waals surface area contributed by atoms with Gasteiger partial charge in [0, 0.05) is 24.5 Å². The Morgan fingerprint density at radius 3 is 2.71 bits per heavy atom. The second kappa shape index (κ2) is 7.49. The minimum absolute atomic E-state index is 0.0653. The maximum atomic E-state index is 12.5. The van der Waals surface area contributed by atoms with Crippen molar-refractivity contribution in [1.82, 2.24) is 15.1 Å². The molecule has 126 valence electrons. The Kier molecular flexibility index (Phi) is 5.15. The Balaban J connectivity index is 1.50. The quantitative estimate of drug-likeness (QED) is 0.876. The molecule has 1 saturated heterocycles. The zero-order chi connectivity index (χ0) is 16.9. The summed E-state index contributed by atoms with van der Waals surface area (Å²) < 4.78 is 0. The molecule has 1 aliphatic rings. The minimum Gasteiger partial charge on any atom is -0.350 e. The highest BCUT2D eigenvalue weighted by Crippen LogP contribution is 2.16. The van der Waals surface area contributed by atoms with Gasteiger partial charge < -0.3 is 15.1 Å². The third-order valence-electron chi connectivity index (χ3n) is 4.18. The molecule has 3 rings (SSSR count). The number of rotatable bonds is 6. The third kappa shape index (κ3) is 3.94. The highest BCUT2D eigenvalue weighted by atomic mass is 32.1. The Morgan fingerprint density at radius 1 is 1.17 bits per heavy atom. The Labute approximate surface area is 145 Å². The number of hydrogen-bond donors (Lipinski definition) is 1. The molecule has 0 spiro atoms. The van der Waals surface area contributed by atoms with E-state index >= 15 is 0 Å². The number of aryl methyl sites for hydroxylation is 1. The van der Waals surface area contributed by atoms with Crippen LogP contribution < -0.4 is 5.32 Å². The number of nitrogens with one attached hydrogen (secondary N) is 1. The van der Waals surface area contributed by atoms with E-state index in [1.54, 1.807) is 21.1 Å². The molecule has 5 nitrogen and oxygen atoms in total. The van der Waals surface area contributed by atoms with Crippen LogP contribution in [0.3, 0.4) is 0 Å². The molecule has 0 radical (unpaired) electrons. The Bertz CT molecular complexity index is 715. The van der Waals surface area contributed by atoms with E-state index in [1.807, 2.05) is 48.7 Å². The third-order valence-corrected chi connectivity index (χ3v) is 5.05. The molecule has 1 aromatic carbocycles. The number of carbonyl (C=O) groups is 2. The first-order valence-corrected chi connectivity index (χ1v) is 8.89. The molecule has 0 bridgehead atoms. The lowest BCUT2D eigenvalue weighted by Gasteiger charge is -2.19. The molecular weight excluding hydrogens is 322 g/mol. The van der Waals surface area contributed by atoms with Crippen LogP contribution >= 0.6 is 11.3 Å². The molecule has 3 amide bonds. The van der Waals surface area contributed by atoms with Crippen molar-refractivity contribution in [2.45, 2.75) is 20.0 Å². The van der Waals surface area contributed by atoms with Gasteiger partial charge in [-0.15, -0.1) is 11.3 Å². The summed E-state index contributed by atoms with van der Waals surface area (Å²) in [4.78, 5) is 29.0. The monoisotopic (exact) mass is 343 g/mol. The Hall–Kier alpha value is -2.34. The summed E-state index contributed by atoms with van der Waals surface area (Å²) in [6.45, 7) is 4.53. The molecule has 2 heterocycles. The fourth-order valence-electron chi connectivity index (χ4n) is 2.75. The number of nitrogens with zero attached hydrogens (tertiary/aromatic N) is 2. The van der Waals surface area contributed by atoms with Crippen molar-refractivity contribution in [3.05, 3.63) is 57.8 Å². The number of carbonyl (C=O) groups excluding carboxylic acids is 2. The molecule has 1 fully saturated rings. The molecular formula is C18H21N3O2S. The van der Waals surface area contributed by atoms with Crippen LogP contribution in [0.15, 0.2) is 41.8 Å². The molecule has 1 aromatic heterocycles. The van der Waals surface area contributed by atoms with Gasteiger partial charge in [0.2, 0.25) is 5.91 Å². The van der Waals surface area contributed by atoms with Gasteiger partial charge >= 0.3 is 6.03 Å². The first-order chi connectivity index (χ1) is 11.6. The normalized spacial score (nSPS) is 14.3. The van der Waals surface area contributed by atoms with Crippen LogP contribution in [0.2, 0.25) is 0 Å². The molecule has 24 heavy (non-hydrogen) atoms. The summed E-state index contributed by atoms with van der Waals surface area (Å²) in [5, 5.41) is 4.85. The van der Waals surface area contributed by atoms with E-state index in [0.717, 1.165) is 10.4 Å². The van der Waals surface area contributed by atoms with E-state index in [2.05, 4.69) is 5.32 Å². The zero-order valence-corrected chi connectivity index (χ0v) is 14.5. The van der Waals surface area contributed by atoms with Gasteiger partial charge in [-0.1, -0.05) is 30.3 Å². The van der Waals surface area contributed by atoms with Gasteiger partial charge in [0.15, 0.2) is 0 Å². The van der Waals surface area contributed by atoms with Crippen molar-refractivity contribution >= 4 is 23.3 Å². The molecule has 0 aliphatic carbocycles. The Morgan fingerprint density at radius 2 is 1.96 bits per heavy atom. The number of amides is 3. The summed E-state index contributed by atoms with van der Waals surface area (Å²) in [7, 11) is 0. The lowest BCUT2D eigenvalue weighted by molar-refractivity contribution is -0.121. The highest BCUT2D eigenvalue weighted by molar-refractivity contribution is 7.09. The van der Waals surface area contributed by atoms with Crippen molar-refractivity contribution in [2.24, 2.45) is 0 Å². The first-order valence-electron chi connectivity index (χ1n) is 8.01. The molecule has 1 N–H and O–H groups in total. The number of urea groups is 1. The van der Waals surface area contributed by atoms with E-state index in [9.17, 15) is 9.59 Å². The maximum Gasteiger partial charge on any atom is 0.320 e. The first kappa shape index (κ1) is 16.5. The number of hydrogen-bond acceptors (Lipinski definition) is 3. The van der Waals surface area contributed by atoms with Crippen molar-refractivity contribution in [2.75, 3.05) is 19.6 Å². The molecule has 0 unspecified atom stereocenters. The topological polar surface area (TPSA) is 52.6 Å². The lowest BCUT2D eigenvalue weighted by Crippen LogP contribution is -2.39. The standard InChI is InChI=1S/C18H21N3O2S/c1-14-5-2-3-6-15(14)12-20-8-9-21(18(20)23)13-17(22)19-11-16-7-4-10-24-16/h2-7,10H,8-9,11-13H2,1H3,(H,19,22). The number of thiophene rings is 1. The zero-order valence-electron chi connectivity index (χ0n) is 13.7.